The van der Waals surface area contributed by atoms with Crippen molar-refractivity contribution in [2.24, 2.45) is 0 Å². The molecule has 302 valence electrons. The number of amides is 4. The van der Waals surface area contributed by atoms with Crippen molar-refractivity contribution in [2.75, 3.05) is 19.6 Å². The van der Waals surface area contributed by atoms with Crippen LogP contribution in [0.1, 0.15) is 93.0 Å². The predicted molar refractivity (Wildman–Crippen MR) is 221 cm³/mol. The number of nitrogens with zero attached hydrogens (tertiary/aromatic N) is 4. The maximum absolute atomic E-state index is 14.1. The molecule has 0 spiro atoms. The van der Waals surface area contributed by atoms with Gasteiger partial charge in [-0.3, -0.25) is 19.2 Å². The minimum absolute atomic E-state index is 0.0414. The monoisotopic (exact) mass is 784 g/mol. The van der Waals surface area contributed by atoms with Gasteiger partial charge in [-0.2, -0.15) is 0 Å². The molecule has 5 aromatic rings. The number of benzene rings is 3. The summed E-state index contributed by atoms with van der Waals surface area (Å²) >= 11 is 0. The topological polar surface area (TPSA) is 165 Å². The fourth-order valence-corrected chi connectivity index (χ4v) is 7.86. The van der Waals surface area contributed by atoms with Crippen LogP contribution in [0.5, 0.6) is 5.75 Å². The van der Waals surface area contributed by atoms with Gasteiger partial charge in [-0.05, 0) is 78.1 Å². The van der Waals surface area contributed by atoms with E-state index < -0.39 is 6.04 Å². The third kappa shape index (κ3) is 8.83. The first-order valence-electron chi connectivity index (χ1n) is 20.4. The fourth-order valence-electron chi connectivity index (χ4n) is 7.86. The summed E-state index contributed by atoms with van der Waals surface area (Å²) in [7, 11) is 0. The minimum atomic E-state index is -0.781. The van der Waals surface area contributed by atoms with Crippen molar-refractivity contribution in [2.45, 2.75) is 91.5 Å². The molecule has 3 heterocycles. The number of ether oxygens (including phenoxy) is 1. The van der Waals surface area contributed by atoms with E-state index in [2.05, 4.69) is 55.9 Å². The maximum Gasteiger partial charge on any atom is 0.250 e. The molecule has 0 bridgehead atoms. The molecule has 0 saturated heterocycles. The summed E-state index contributed by atoms with van der Waals surface area (Å²) in [4.78, 5) is 70.4. The van der Waals surface area contributed by atoms with E-state index in [-0.39, 0.29) is 30.8 Å². The Labute approximate surface area is 339 Å². The SMILES string of the molecule is CCCCC(=O)N[C@@H](C(=O)N(CCC)Cc1ncc(-c2ccc3c(c2)COc2cc4c(cc2-3)CCc2[nH]c(CN(CCC)C(=O)CNC=O)nc2-4)[nH]1)c1ccccc1. The van der Waals surface area contributed by atoms with Gasteiger partial charge in [0, 0.05) is 36.3 Å². The molecule has 4 amide bonds. The Morgan fingerprint density at radius 3 is 2.43 bits per heavy atom. The van der Waals surface area contributed by atoms with Crippen LogP contribution >= 0.6 is 0 Å². The van der Waals surface area contributed by atoms with Gasteiger partial charge < -0.3 is 35.1 Å². The molecule has 7 rings (SSSR count). The number of nitrogens with one attached hydrogen (secondary N) is 4. The second kappa shape index (κ2) is 18.4. The van der Waals surface area contributed by atoms with Crippen molar-refractivity contribution in [3.05, 3.63) is 101 Å². The van der Waals surface area contributed by atoms with E-state index in [4.69, 9.17) is 9.72 Å². The van der Waals surface area contributed by atoms with E-state index in [1.165, 1.54) is 5.56 Å². The summed E-state index contributed by atoms with van der Waals surface area (Å²) in [6, 6.07) is 19.3. The maximum atomic E-state index is 14.1. The zero-order valence-electron chi connectivity index (χ0n) is 33.5. The molecule has 2 aromatic heterocycles. The van der Waals surface area contributed by atoms with Crippen molar-refractivity contribution >= 4 is 24.1 Å². The number of H-pyrrole nitrogens is 2. The summed E-state index contributed by atoms with van der Waals surface area (Å²) in [5.41, 5.74) is 9.95. The van der Waals surface area contributed by atoms with Crippen molar-refractivity contribution < 1.29 is 23.9 Å². The predicted octanol–water partition coefficient (Wildman–Crippen LogP) is 6.40. The van der Waals surface area contributed by atoms with Gasteiger partial charge in [-0.15, -0.1) is 0 Å². The van der Waals surface area contributed by atoms with Crippen LogP contribution < -0.4 is 15.4 Å². The Kier molecular flexibility index (Phi) is 12.6. The quantitative estimate of drug-likeness (QED) is 0.0748. The first-order chi connectivity index (χ1) is 28.3. The van der Waals surface area contributed by atoms with Crippen LogP contribution in [0.3, 0.4) is 0 Å². The minimum Gasteiger partial charge on any atom is -0.488 e. The van der Waals surface area contributed by atoms with Crippen molar-refractivity contribution in [1.82, 2.24) is 40.4 Å². The van der Waals surface area contributed by atoms with Crippen LogP contribution in [-0.4, -0.2) is 73.5 Å². The first kappa shape index (κ1) is 40.0. The number of carbonyl (C=O) groups is 4. The highest BCUT2D eigenvalue weighted by Gasteiger charge is 2.29. The standard InChI is InChI=1S/C45H52N8O5/c1-4-7-13-41(55)51-43(29-11-9-8-10-12-29)45(57)53(19-6-3)25-39-47-23-37(49-39)31-14-16-33-32(20-31)27-58-38-22-34-30(21-35(33)38)15-17-36-44(34)50-40(48-36)26-52(18-5-2)42(56)24-46-28-54/h8-12,14,16,20-23,28,43H,4-7,13,15,17-19,24-27H2,1-3H3,(H,46,54)(H,47,49)(H,48,50)(H,51,55)/t43-/m1/s1. The number of fused-ring (bicyclic) bond motifs is 6. The van der Waals surface area contributed by atoms with Crippen LogP contribution in [0.15, 0.2) is 66.9 Å². The normalized spacial score (nSPS) is 12.9. The number of hydrogen-bond acceptors (Lipinski definition) is 7. The number of rotatable bonds is 18. The largest absolute Gasteiger partial charge is 0.488 e. The van der Waals surface area contributed by atoms with Crippen LogP contribution in [-0.2, 0) is 51.7 Å². The Hall–Kier alpha value is -6.24. The lowest BCUT2D eigenvalue weighted by molar-refractivity contribution is -0.137. The summed E-state index contributed by atoms with van der Waals surface area (Å²) in [5.74, 6) is 1.74. The van der Waals surface area contributed by atoms with E-state index in [0.29, 0.717) is 44.9 Å². The average molecular weight is 785 g/mol. The highest BCUT2D eigenvalue weighted by atomic mass is 16.5. The van der Waals surface area contributed by atoms with E-state index in [0.717, 1.165) is 101 Å². The molecule has 1 aliphatic carbocycles. The Balaban J connectivity index is 1.08. The van der Waals surface area contributed by atoms with Gasteiger partial charge in [0.05, 0.1) is 37.2 Å². The molecule has 13 heteroatoms. The van der Waals surface area contributed by atoms with Crippen LogP contribution in [0, 0.1) is 0 Å². The van der Waals surface area contributed by atoms with Gasteiger partial charge in [-0.1, -0.05) is 69.7 Å². The molecule has 0 fully saturated rings. The third-order valence-corrected chi connectivity index (χ3v) is 10.8. The lowest BCUT2D eigenvalue weighted by Crippen LogP contribution is -2.43. The lowest BCUT2D eigenvalue weighted by atomic mass is 9.86. The zero-order chi connectivity index (χ0) is 40.6. The van der Waals surface area contributed by atoms with E-state index in [9.17, 15) is 19.2 Å². The molecular formula is C45H52N8O5. The molecule has 4 N–H and O–H groups in total. The Bertz CT molecular complexity index is 2260. The highest BCUT2D eigenvalue weighted by molar-refractivity contribution is 5.89. The van der Waals surface area contributed by atoms with Crippen molar-refractivity contribution in [3.8, 4) is 39.4 Å². The molecule has 1 aliphatic heterocycles. The average Bonchev–Trinajstić information content (AvgIpc) is 3.90. The molecule has 3 aromatic carbocycles. The number of aromatic nitrogens is 4. The number of aromatic amines is 2. The number of hydrogen-bond donors (Lipinski definition) is 4. The Morgan fingerprint density at radius 2 is 1.66 bits per heavy atom. The number of carbonyl (C=O) groups excluding carboxylic acids is 4. The van der Waals surface area contributed by atoms with Gasteiger partial charge in [0.25, 0.3) is 0 Å². The molecule has 13 nitrogen and oxygen atoms in total. The zero-order valence-corrected chi connectivity index (χ0v) is 33.5. The van der Waals surface area contributed by atoms with E-state index in [1.54, 1.807) is 16.0 Å². The highest BCUT2D eigenvalue weighted by Crippen LogP contribution is 2.44. The molecule has 1 atom stereocenters. The molecule has 0 radical (unpaired) electrons. The van der Waals surface area contributed by atoms with Gasteiger partial charge >= 0.3 is 0 Å². The molecule has 0 unspecified atom stereocenters. The fraction of sp³-hybridized carbons (Fsp3) is 0.378. The molecule has 2 aliphatic rings. The van der Waals surface area contributed by atoms with Crippen LogP contribution in [0.2, 0.25) is 0 Å². The number of aryl methyl sites for hydroxylation is 2. The molecule has 58 heavy (non-hydrogen) atoms. The van der Waals surface area contributed by atoms with Crippen molar-refractivity contribution in [1.29, 1.82) is 0 Å². The number of imidazole rings is 2. The van der Waals surface area contributed by atoms with Gasteiger partial charge in [0.15, 0.2) is 0 Å². The number of unbranched alkanes of at least 4 members (excludes halogenated alkanes) is 1. The van der Waals surface area contributed by atoms with Crippen LogP contribution in [0.25, 0.3) is 33.6 Å². The third-order valence-electron chi connectivity index (χ3n) is 10.8. The first-order valence-corrected chi connectivity index (χ1v) is 20.4. The summed E-state index contributed by atoms with van der Waals surface area (Å²) in [6.07, 6.45) is 7.58. The van der Waals surface area contributed by atoms with Gasteiger partial charge in [0.1, 0.15) is 30.0 Å². The van der Waals surface area contributed by atoms with Gasteiger partial charge in [0.2, 0.25) is 24.1 Å². The van der Waals surface area contributed by atoms with E-state index >= 15 is 0 Å². The second-order valence-electron chi connectivity index (χ2n) is 15.0. The lowest BCUT2D eigenvalue weighted by Gasteiger charge is -2.27. The van der Waals surface area contributed by atoms with E-state index in [1.807, 2.05) is 51.1 Å². The smallest absolute Gasteiger partial charge is 0.250 e. The summed E-state index contributed by atoms with van der Waals surface area (Å²) < 4.78 is 6.39. The molecular weight excluding hydrogens is 733 g/mol. The Morgan fingerprint density at radius 1 is 0.862 bits per heavy atom. The van der Waals surface area contributed by atoms with Gasteiger partial charge in [-0.25, -0.2) is 9.97 Å². The van der Waals surface area contributed by atoms with Crippen molar-refractivity contribution in [3.63, 3.8) is 0 Å². The second-order valence-corrected chi connectivity index (χ2v) is 15.0. The summed E-state index contributed by atoms with van der Waals surface area (Å²) in [6.45, 7) is 8.16. The van der Waals surface area contributed by atoms with Crippen LogP contribution in [0.4, 0.5) is 0 Å². The summed E-state index contributed by atoms with van der Waals surface area (Å²) in [5, 5.41) is 5.47. The molecule has 0 saturated carbocycles.